The van der Waals surface area contributed by atoms with Gasteiger partial charge in [0.05, 0.1) is 6.54 Å². The van der Waals surface area contributed by atoms with E-state index in [1.54, 1.807) is 0 Å². The third kappa shape index (κ3) is 10.1. The molecule has 0 bridgehead atoms. The van der Waals surface area contributed by atoms with Gasteiger partial charge in [-0.3, -0.25) is 4.90 Å². The van der Waals surface area contributed by atoms with E-state index in [2.05, 4.69) is 74.4 Å². The van der Waals surface area contributed by atoms with Crippen molar-refractivity contribution in [3.05, 3.63) is 35.4 Å². The van der Waals surface area contributed by atoms with Crippen LogP contribution in [0.3, 0.4) is 0 Å². The van der Waals surface area contributed by atoms with Crippen molar-refractivity contribution < 1.29 is 5.11 Å². The molecular formula is C23H42N4O. The molecule has 1 aromatic rings. The molecule has 0 spiro atoms. The summed E-state index contributed by atoms with van der Waals surface area (Å²) in [6, 6.07) is 8.73. The molecule has 0 radical (unpaired) electrons. The lowest BCUT2D eigenvalue weighted by molar-refractivity contribution is 0.243. The number of guanidine groups is 1. The Morgan fingerprint density at radius 3 is 2.43 bits per heavy atom. The molecule has 0 heterocycles. The summed E-state index contributed by atoms with van der Waals surface area (Å²) >= 11 is 0. The van der Waals surface area contributed by atoms with Gasteiger partial charge in [-0.25, -0.2) is 4.99 Å². The van der Waals surface area contributed by atoms with Crippen LogP contribution in [0.5, 0.6) is 0 Å². The Hall–Kier alpha value is -1.59. The number of aliphatic imine (C=N–C) groups is 1. The molecule has 5 heteroatoms. The van der Waals surface area contributed by atoms with Crippen LogP contribution in [0.15, 0.2) is 29.3 Å². The molecule has 1 rings (SSSR count). The van der Waals surface area contributed by atoms with E-state index in [9.17, 15) is 5.11 Å². The smallest absolute Gasteiger partial charge is 0.191 e. The Kier molecular flexibility index (Phi) is 12.6. The predicted octanol–water partition coefficient (Wildman–Crippen LogP) is 3.63. The van der Waals surface area contributed by atoms with Gasteiger partial charge in [0.1, 0.15) is 0 Å². The van der Waals surface area contributed by atoms with Crippen LogP contribution in [0.4, 0.5) is 0 Å². The number of aliphatic hydroxyl groups is 1. The highest BCUT2D eigenvalue weighted by molar-refractivity contribution is 5.79. The van der Waals surface area contributed by atoms with Crippen molar-refractivity contribution in [3.8, 4) is 0 Å². The van der Waals surface area contributed by atoms with Crippen molar-refractivity contribution >= 4 is 5.96 Å². The van der Waals surface area contributed by atoms with Gasteiger partial charge in [0.15, 0.2) is 5.96 Å². The molecular weight excluding hydrogens is 348 g/mol. The van der Waals surface area contributed by atoms with E-state index in [4.69, 9.17) is 4.99 Å². The average molecular weight is 391 g/mol. The molecule has 160 valence electrons. The summed E-state index contributed by atoms with van der Waals surface area (Å²) < 4.78 is 0. The minimum absolute atomic E-state index is 0.242. The van der Waals surface area contributed by atoms with Gasteiger partial charge >= 0.3 is 0 Å². The van der Waals surface area contributed by atoms with E-state index in [-0.39, 0.29) is 6.61 Å². The van der Waals surface area contributed by atoms with Crippen molar-refractivity contribution in [3.63, 3.8) is 0 Å². The zero-order valence-electron chi connectivity index (χ0n) is 18.7. The van der Waals surface area contributed by atoms with Gasteiger partial charge in [0, 0.05) is 26.2 Å². The van der Waals surface area contributed by atoms with Gasteiger partial charge in [-0.2, -0.15) is 0 Å². The highest BCUT2D eigenvalue weighted by Crippen LogP contribution is 2.14. The van der Waals surface area contributed by atoms with E-state index in [0.29, 0.717) is 18.4 Å². The van der Waals surface area contributed by atoms with E-state index in [1.807, 2.05) is 0 Å². The molecule has 28 heavy (non-hydrogen) atoms. The number of nitrogens with zero attached hydrogens (tertiary/aromatic N) is 2. The second kappa shape index (κ2) is 14.4. The third-order valence-electron chi connectivity index (χ3n) is 4.96. The zero-order valence-corrected chi connectivity index (χ0v) is 18.7. The molecule has 5 nitrogen and oxygen atoms in total. The fourth-order valence-corrected chi connectivity index (χ4v) is 3.44. The van der Waals surface area contributed by atoms with E-state index >= 15 is 0 Å². The normalized spacial score (nSPS) is 13.2. The molecule has 1 atom stereocenters. The standard InChI is InChI=1S/C23H42N4O/c1-6-24-23(26-17-21(12-13-28)14-19(4)5)25-16-20-10-9-11-22(15-20)18-27(7-2)8-3/h9-11,15,19,21,28H,6-8,12-14,16-18H2,1-5H3,(H2,24,25,26). The minimum Gasteiger partial charge on any atom is -0.396 e. The van der Waals surface area contributed by atoms with Crippen molar-refractivity contribution in [2.75, 3.05) is 32.8 Å². The number of nitrogens with one attached hydrogen (secondary N) is 2. The number of hydrogen-bond donors (Lipinski definition) is 3. The van der Waals surface area contributed by atoms with Crippen LogP contribution in [-0.2, 0) is 13.1 Å². The highest BCUT2D eigenvalue weighted by Gasteiger charge is 2.11. The van der Waals surface area contributed by atoms with Crippen LogP contribution in [0.25, 0.3) is 0 Å². The first-order chi connectivity index (χ1) is 13.5. The molecule has 1 unspecified atom stereocenters. The number of hydrogen-bond acceptors (Lipinski definition) is 3. The lowest BCUT2D eigenvalue weighted by Gasteiger charge is -2.20. The minimum atomic E-state index is 0.242. The van der Waals surface area contributed by atoms with Gasteiger partial charge in [0.2, 0.25) is 0 Å². The largest absolute Gasteiger partial charge is 0.396 e. The second-order valence-corrected chi connectivity index (χ2v) is 7.87. The van der Waals surface area contributed by atoms with Crippen LogP contribution < -0.4 is 10.6 Å². The molecule has 0 aliphatic carbocycles. The molecule has 0 aliphatic rings. The summed E-state index contributed by atoms with van der Waals surface area (Å²) in [5, 5.41) is 16.1. The van der Waals surface area contributed by atoms with E-state index in [0.717, 1.165) is 51.5 Å². The molecule has 0 saturated carbocycles. The van der Waals surface area contributed by atoms with Crippen LogP contribution in [0.2, 0.25) is 0 Å². The summed E-state index contributed by atoms with van der Waals surface area (Å²) in [5.74, 6) is 1.95. The van der Waals surface area contributed by atoms with Gasteiger partial charge in [0.25, 0.3) is 0 Å². The maximum atomic E-state index is 9.32. The average Bonchev–Trinajstić information content (AvgIpc) is 2.68. The molecule has 0 fully saturated rings. The van der Waals surface area contributed by atoms with Crippen LogP contribution in [0, 0.1) is 11.8 Å². The first kappa shape index (κ1) is 24.4. The topological polar surface area (TPSA) is 59.9 Å². The number of aliphatic hydroxyl groups excluding tert-OH is 1. The molecule has 0 saturated heterocycles. The second-order valence-electron chi connectivity index (χ2n) is 7.87. The lowest BCUT2D eigenvalue weighted by atomic mass is 9.94. The fraction of sp³-hybridized carbons (Fsp3) is 0.696. The van der Waals surface area contributed by atoms with Crippen LogP contribution in [-0.4, -0.2) is 48.8 Å². The predicted molar refractivity (Wildman–Crippen MR) is 121 cm³/mol. The number of rotatable bonds is 13. The molecule has 0 aromatic heterocycles. The Balaban J connectivity index is 2.70. The van der Waals surface area contributed by atoms with Gasteiger partial charge in [-0.1, -0.05) is 52.0 Å². The molecule has 3 N–H and O–H groups in total. The van der Waals surface area contributed by atoms with Crippen molar-refractivity contribution in [2.24, 2.45) is 16.8 Å². The van der Waals surface area contributed by atoms with Crippen molar-refractivity contribution in [2.45, 2.75) is 60.5 Å². The molecule has 0 amide bonds. The Bertz CT molecular complexity index is 555. The zero-order chi connectivity index (χ0) is 20.8. The van der Waals surface area contributed by atoms with Crippen LogP contribution >= 0.6 is 0 Å². The quantitative estimate of drug-likeness (QED) is 0.356. The maximum Gasteiger partial charge on any atom is 0.191 e. The SMILES string of the molecule is CCNC(=NCc1cccc(CN(CC)CC)c1)NCC(CCO)CC(C)C. The maximum absolute atomic E-state index is 9.32. The van der Waals surface area contributed by atoms with Crippen molar-refractivity contribution in [1.29, 1.82) is 0 Å². The van der Waals surface area contributed by atoms with Gasteiger partial charge in [-0.05, 0) is 55.8 Å². The van der Waals surface area contributed by atoms with Gasteiger partial charge in [-0.15, -0.1) is 0 Å². The Morgan fingerprint density at radius 1 is 1.11 bits per heavy atom. The Morgan fingerprint density at radius 2 is 1.82 bits per heavy atom. The Labute approximate surface area is 172 Å². The van der Waals surface area contributed by atoms with Gasteiger partial charge < -0.3 is 15.7 Å². The molecule has 0 aliphatic heterocycles. The van der Waals surface area contributed by atoms with E-state index < -0.39 is 0 Å². The summed E-state index contributed by atoms with van der Waals surface area (Å²) in [4.78, 5) is 7.19. The molecule has 1 aromatic carbocycles. The summed E-state index contributed by atoms with van der Waals surface area (Å²) in [5.41, 5.74) is 2.57. The van der Waals surface area contributed by atoms with Crippen LogP contribution in [0.1, 0.15) is 58.6 Å². The monoisotopic (exact) mass is 390 g/mol. The van der Waals surface area contributed by atoms with Crippen molar-refractivity contribution in [1.82, 2.24) is 15.5 Å². The fourth-order valence-electron chi connectivity index (χ4n) is 3.44. The first-order valence-electron chi connectivity index (χ1n) is 10.9. The summed E-state index contributed by atoms with van der Waals surface area (Å²) in [6.07, 6.45) is 1.94. The highest BCUT2D eigenvalue weighted by atomic mass is 16.3. The number of benzene rings is 1. The summed E-state index contributed by atoms with van der Waals surface area (Å²) in [6.45, 7) is 16.7. The van der Waals surface area contributed by atoms with E-state index in [1.165, 1.54) is 11.1 Å². The third-order valence-corrected chi connectivity index (χ3v) is 4.96. The lowest BCUT2D eigenvalue weighted by Crippen LogP contribution is -2.40. The summed E-state index contributed by atoms with van der Waals surface area (Å²) in [7, 11) is 0. The first-order valence-corrected chi connectivity index (χ1v) is 10.9.